The maximum atomic E-state index is 5.89. The molecule has 13 heavy (non-hydrogen) atoms. The third kappa shape index (κ3) is 1.85. The highest BCUT2D eigenvalue weighted by atomic mass is 79.9. The number of hydrogen-bond acceptors (Lipinski definition) is 2. The van der Waals surface area contributed by atoms with Crippen molar-refractivity contribution in [2.75, 3.05) is 5.73 Å². The summed E-state index contributed by atoms with van der Waals surface area (Å²) in [5, 5.41) is 0. The number of nitrogens with zero attached hydrogens (tertiary/aromatic N) is 1. The van der Waals surface area contributed by atoms with Gasteiger partial charge in [0.2, 0.25) is 0 Å². The van der Waals surface area contributed by atoms with Gasteiger partial charge in [-0.15, -0.1) is 0 Å². The second-order valence-electron chi connectivity index (χ2n) is 3.62. The molecule has 3 heteroatoms. The zero-order valence-corrected chi connectivity index (χ0v) is 9.05. The van der Waals surface area contributed by atoms with Gasteiger partial charge in [-0.25, -0.2) is 4.98 Å². The maximum absolute atomic E-state index is 5.89. The van der Waals surface area contributed by atoms with E-state index in [1.54, 1.807) is 6.20 Å². The summed E-state index contributed by atoms with van der Waals surface area (Å²) in [5.41, 5.74) is 8.01. The first-order valence-corrected chi connectivity index (χ1v) is 5.47. The van der Waals surface area contributed by atoms with Crippen LogP contribution in [0.3, 0.4) is 0 Å². The first-order valence-electron chi connectivity index (χ1n) is 4.68. The fourth-order valence-electron chi connectivity index (χ4n) is 2.05. The molecule has 1 fully saturated rings. The number of aromatic nitrogens is 1. The standard InChI is InChI=1S/C10H13BrN2/c11-10-5-8(9(12)6-13-10)7-3-1-2-4-7/h5-7H,1-4,12H2. The maximum Gasteiger partial charge on any atom is 0.106 e. The molecule has 0 aromatic carbocycles. The van der Waals surface area contributed by atoms with Gasteiger partial charge in [0.25, 0.3) is 0 Å². The van der Waals surface area contributed by atoms with Crippen LogP contribution >= 0.6 is 15.9 Å². The van der Waals surface area contributed by atoms with Gasteiger partial charge in [0.15, 0.2) is 0 Å². The SMILES string of the molecule is Nc1cnc(Br)cc1C1CCCC1. The summed E-state index contributed by atoms with van der Waals surface area (Å²) in [5.74, 6) is 0.666. The van der Waals surface area contributed by atoms with Crippen molar-refractivity contribution in [2.45, 2.75) is 31.6 Å². The third-order valence-corrected chi connectivity index (χ3v) is 3.16. The average Bonchev–Trinajstić information content (AvgIpc) is 2.61. The molecule has 1 aromatic heterocycles. The Morgan fingerprint density at radius 3 is 2.77 bits per heavy atom. The van der Waals surface area contributed by atoms with E-state index >= 15 is 0 Å². The monoisotopic (exact) mass is 240 g/mol. The summed E-state index contributed by atoms with van der Waals surface area (Å²) in [6.45, 7) is 0. The number of rotatable bonds is 1. The van der Waals surface area contributed by atoms with Gasteiger partial charge in [-0.3, -0.25) is 0 Å². The van der Waals surface area contributed by atoms with Crippen molar-refractivity contribution >= 4 is 21.6 Å². The molecule has 0 bridgehead atoms. The second-order valence-corrected chi connectivity index (χ2v) is 4.43. The summed E-state index contributed by atoms with van der Waals surface area (Å²) in [7, 11) is 0. The van der Waals surface area contributed by atoms with Gasteiger partial charge in [0.1, 0.15) is 4.60 Å². The predicted octanol–water partition coefficient (Wildman–Crippen LogP) is 3.08. The van der Waals surface area contributed by atoms with Crippen molar-refractivity contribution < 1.29 is 0 Å². The molecule has 2 rings (SSSR count). The smallest absolute Gasteiger partial charge is 0.106 e. The molecular weight excluding hydrogens is 228 g/mol. The lowest BCUT2D eigenvalue weighted by Gasteiger charge is -2.11. The summed E-state index contributed by atoms with van der Waals surface area (Å²) in [4.78, 5) is 4.10. The molecule has 1 aliphatic rings. The highest BCUT2D eigenvalue weighted by molar-refractivity contribution is 9.10. The molecule has 0 unspecified atom stereocenters. The fraction of sp³-hybridized carbons (Fsp3) is 0.500. The van der Waals surface area contributed by atoms with Crippen LogP contribution in [0.25, 0.3) is 0 Å². The molecule has 1 aromatic rings. The first-order chi connectivity index (χ1) is 6.27. The van der Waals surface area contributed by atoms with Crippen molar-refractivity contribution in [1.82, 2.24) is 4.98 Å². The highest BCUT2D eigenvalue weighted by Crippen LogP contribution is 2.37. The largest absolute Gasteiger partial charge is 0.397 e. The molecule has 1 aliphatic carbocycles. The van der Waals surface area contributed by atoms with Gasteiger partial charge in [0, 0.05) is 0 Å². The van der Waals surface area contributed by atoms with Crippen LogP contribution in [-0.2, 0) is 0 Å². The van der Waals surface area contributed by atoms with Crippen LogP contribution in [0.1, 0.15) is 37.2 Å². The van der Waals surface area contributed by atoms with Crippen molar-refractivity contribution in [3.8, 4) is 0 Å². The minimum absolute atomic E-state index is 0.666. The van der Waals surface area contributed by atoms with Gasteiger partial charge >= 0.3 is 0 Å². The Morgan fingerprint density at radius 1 is 1.38 bits per heavy atom. The lowest BCUT2D eigenvalue weighted by atomic mass is 9.98. The quantitative estimate of drug-likeness (QED) is 0.767. The normalized spacial score (nSPS) is 17.9. The highest BCUT2D eigenvalue weighted by Gasteiger charge is 2.19. The van der Waals surface area contributed by atoms with E-state index in [1.165, 1.54) is 31.2 Å². The van der Waals surface area contributed by atoms with Gasteiger partial charge in [-0.05, 0) is 46.3 Å². The molecule has 0 amide bonds. The topological polar surface area (TPSA) is 38.9 Å². The fourth-order valence-corrected chi connectivity index (χ4v) is 2.39. The van der Waals surface area contributed by atoms with Crippen LogP contribution in [-0.4, -0.2) is 4.98 Å². The lowest BCUT2D eigenvalue weighted by Crippen LogP contribution is -2.00. The molecule has 1 heterocycles. The van der Waals surface area contributed by atoms with Crippen LogP contribution in [0.2, 0.25) is 0 Å². The van der Waals surface area contributed by atoms with Crippen molar-refractivity contribution in [3.63, 3.8) is 0 Å². The zero-order valence-electron chi connectivity index (χ0n) is 7.46. The number of anilines is 1. The van der Waals surface area contributed by atoms with Crippen molar-refractivity contribution in [1.29, 1.82) is 0 Å². The van der Waals surface area contributed by atoms with Crippen molar-refractivity contribution in [2.24, 2.45) is 0 Å². The Labute approximate surface area is 86.7 Å². The van der Waals surface area contributed by atoms with Crippen LogP contribution < -0.4 is 5.73 Å². The summed E-state index contributed by atoms with van der Waals surface area (Å²) >= 11 is 3.38. The van der Waals surface area contributed by atoms with E-state index in [4.69, 9.17) is 5.73 Å². The first kappa shape index (κ1) is 9.00. The zero-order chi connectivity index (χ0) is 9.26. The van der Waals surface area contributed by atoms with Crippen LogP contribution in [0, 0.1) is 0 Å². The number of nitrogen functional groups attached to an aromatic ring is 1. The number of nitrogens with two attached hydrogens (primary N) is 1. The van der Waals surface area contributed by atoms with Gasteiger partial charge in [0.05, 0.1) is 11.9 Å². The molecule has 2 nitrogen and oxygen atoms in total. The number of pyridine rings is 1. The third-order valence-electron chi connectivity index (χ3n) is 2.73. The van der Waals surface area contributed by atoms with E-state index in [-0.39, 0.29) is 0 Å². The number of hydrogen-bond donors (Lipinski definition) is 1. The van der Waals surface area contributed by atoms with E-state index < -0.39 is 0 Å². The molecule has 1 saturated carbocycles. The molecule has 2 N–H and O–H groups in total. The van der Waals surface area contributed by atoms with E-state index in [0.29, 0.717) is 5.92 Å². The minimum Gasteiger partial charge on any atom is -0.397 e. The molecular formula is C10H13BrN2. The van der Waals surface area contributed by atoms with Gasteiger partial charge < -0.3 is 5.73 Å². The Hall–Kier alpha value is -0.570. The Kier molecular flexibility index (Phi) is 2.54. The second kappa shape index (κ2) is 3.66. The van der Waals surface area contributed by atoms with E-state index in [2.05, 4.69) is 27.0 Å². The molecule has 0 radical (unpaired) electrons. The summed E-state index contributed by atoms with van der Waals surface area (Å²) < 4.78 is 0.892. The van der Waals surface area contributed by atoms with E-state index in [9.17, 15) is 0 Å². The number of halogens is 1. The Morgan fingerprint density at radius 2 is 2.08 bits per heavy atom. The van der Waals surface area contributed by atoms with E-state index in [0.717, 1.165) is 10.3 Å². The van der Waals surface area contributed by atoms with Crippen LogP contribution in [0.4, 0.5) is 5.69 Å². The lowest BCUT2D eigenvalue weighted by molar-refractivity contribution is 0.723. The Balaban J connectivity index is 2.32. The predicted molar refractivity (Wildman–Crippen MR) is 57.6 cm³/mol. The molecule has 70 valence electrons. The molecule has 0 spiro atoms. The van der Waals surface area contributed by atoms with Crippen LogP contribution in [0.5, 0.6) is 0 Å². The van der Waals surface area contributed by atoms with Crippen molar-refractivity contribution in [3.05, 3.63) is 22.4 Å². The Bertz CT molecular complexity index is 306. The minimum atomic E-state index is 0.666. The molecule has 0 aliphatic heterocycles. The van der Waals surface area contributed by atoms with Crippen LogP contribution in [0.15, 0.2) is 16.9 Å². The van der Waals surface area contributed by atoms with E-state index in [1.807, 2.05) is 0 Å². The van der Waals surface area contributed by atoms with Gasteiger partial charge in [-0.2, -0.15) is 0 Å². The summed E-state index contributed by atoms with van der Waals surface area (Å²) in [6, 6.07) is 2.06. The summed E-state index contributed by atoms with van der Waals surface area (Å²) in [6.07, 6.45) is 6.98. The van der Waals surface area contributed by atoms with Gasteiger partial charge in [-0.1, -0.05) is 12.8 Å². The molecule has 0 atom stereocenters. The average molecular weight is 241 g/mol. The molecule has 0 saturated heterocycles.